The van der Waals surface area contributed by atoms with E-state index in [1.165, 1.54) is 34.9 Å². The number of aromatic nitrogens is 3. The van der Waals surface area contributed by atoms with E-state index in [2.05, 4.69) is 16.9 Å². The van der Waals surface area contributed by atoms with E-state index in [4.69, 9.17) is 9.40 Å². The van der Waals surface area contributed by atoms with E-state index < -0.39 is 0 Å². The Hall–Kier alpha value is -2.39. The number of allylic oxidation sites excluding steroid dienone is 1. The third-order valence-electron chi connectivity index (χ3n) is 5.13. The van der Waals surface area contributed by atoms with Gasteiger partial charge in [-0.05, 0) is 37.2 Å². The van der Waals surface area contributed by atoms with Gasteiger partial charge in [-0.25, -0.2) is 9.97 Å². The molecule has 0 saturated carbocycles. The smallest absolute Gasteiger partial charge is 0.273 e. The quantitative estimate of drug-likeness (QED) is 0.309. The lowest BCUT2D eigenvalue weighted by Crippen LogP contribution is -2.27. The van der Waals surface area contributed by atoms with Crippen LogP contribution in [0.15, 0.2) is 33.3 Å². The summed E-state index contributed by atoms with van der Waals surface area (Å²) in [6.45, 7) is 8.83. The van der Waals surface area contributed by atoms with Crippen molar-refractivity contribution in [3.05, 3.63) is 51.3 Å². The van der Waals surface area contributed by atoms with Gasteiger partial charge in [0.1, 0.15) is 11.1 Å². The first-order chi connectivity index (χ1) is 15.0. The highest BCUT2D eigenvalue weighted by atomic mass is 32.2. The molecular formula is C22H26N4O3S2. The second kappa shape index (κ2) is 9.40. The highest BCUT2D eigenvalue weighted by molar-refractivity contribution is 7.98. The number of thioether (sulfide) groups is 1. The number of aryl methyl sites for hydroxylation is 2. The first-order valence-corrected chi connectivity index (χ1v) is 12.3. The lowest BCUT2D eigenvalue weighted by Gasteiger charge is -2.12. The van der Waals surface area contributed by atoms with Gasteiger partial charge in [-0.1, -0.05) is 31.7 Å². The van der Waals surface area contributed by atoms with Crippen LogP contribution in [0.4, 0.5) is 0 Å². The first-order valence-electron chi connectivity index (χ1n) is 10.5. The Morgan fingerprint density at radius 1 is 1.39 bits per heavy atom. The van der Waals surface area contributed by atoms with Gasteiger partial charge in [0.05, 0.1) is 11.1 Å². The molecule has 1 aliphatic carbocycles. The maximum Gasteiger partial charge on any atom is 0.273 e. The fourth-order valence-electron chi connectivity index (χ4n) is 3.62. The molecule has 0 fully saturated rings. The van der Waals surface area contributed by atoms with Crippen molar-refractivity contribution in [1.82, 2.24) is 19.9 Å². The molecule has 164 valence electrons. The molecule has 1 N–H and O–H groups in total. The molecule has 0 saturated heterocycles. The Labute approximate surface area is 189 Å². The number of carbonyl (C=O) groups is 1. The van der Waals surface area contributed by atoms with Crippen molar-refractivity contribution in [2.75, 3.05) is 6.54 Å². The number of fused-ring (bicyclic) bond motifs is 3. The fraction of sp³-hybridized carbons (Fsp3) is 0.455. The number of carbonyl (C=O) groups excluding carboxylic acids is 1. The van der Waals surface area contributed by atoms with Crippen molar-refractivity contribution in [3.63, 3.8) is 0 Å². The van der Waals surface area contributed by atoms with Gasteiger partial charge in [-0.3, -0.25) is 14.2 Å². The third-order valence-corrected chi connectivity index (χ3v) is 7.28. The largest absolute Gasteiger partial charge is 0.447 e. The highest BCUT2D eigenvalue weighted by Gasteiger charge is 2.22. The van der Waals surface area contributed by atoms with E-state index in [1.54, 1.807) is 22.0 Å². The lowest BCUT2D eigenvalue weighted by molar-refractivity contribution is 0.0944. The predicted octanol–water partition coefficient (Wildman–Crippen LogP) is 4.19. The van der Waals surface area contributed by atoms with Gasteiger partial charge >= 0.3 is 0 Å². The van der Waals surface area contributed by atoms with E-state index >= 15 is 0 Å². The summed E-state index contributed by atoms with van der Waals surface area (Å²) in [5.41, 5.74) is 1.44. The van der Waals surface area contributed by atoms with Gasteiger partial charge in [0, 0.05) is 18.0 Å². The molecule has 9 heteroatoms. The van der Waals surface area contributed by atoms with E-state index in [-0.39, 0.29) is 17.2 Å². The zero-order valence-electron chi connectivity index (χ0n) is 17.8. The summed E-state index contributed by atoms with van der Waals surface area (Å²) in [7, 11) is 0. The molecule has 0 atom stereocenters. The molecular weight excluding hydrogens is 432 g/mol. The maximum atomic E-state index is 13.3. The average molecular weight is 459 g/mol. The molecule has 7 nitrogen and oxygen atoms in total. The molecule has 3 aromatic heterocycles. The summed E-state index contributed by atoms with van der Waals surface area (Å²) in [5.74, 6) is 0.902. The van der Waals surface area contributed by atoms with Gasteiger partial charge in [0.2, 0.25) is 5.89 Å². The summed E-state index contributed by atoms with van der Waals surface area (Å²) in [4.78, 5) is 36.6. The minimum absolute atomic E-state index is 0.00652. The van der Waals surface area contributed by atoms with Crippen molar-refractivity contribution < 1.29 is 9.21 Å². The lowest BCUT2D eigenvalue weighted by atomic mass is 9.97. The number of nitrogens with one attached hydrogen (secondary N) is 1. The van der Waals surface area contributed by atoms with Crippen LogP contribution in [0.5, 0.6) is 0 Å². The molecule has 4 rings (SSSR count). The number of oxazole rings is 1. The molecule has 1 amide bonds. The predicted molar refractivity (Wildman–Crippen MR) is 124 cm³/mol. The van der Waals surface area contributed by atoms with E-state index in [0.29, 0.717) is 35.8 Å². The van der Waals surface area contributed by atoms with Crippen LogP contribution in [-0.4, -0.2) is 27.0 Å². The van der Waals surface area contributed by atoms with Crippen molar-refractivity contribution >= 4 is 39.2 Å². The van der Waals surface area contributed by atoms with Crippen LogP contribution in [0.25, 0.3) is 10.2 Å². The summed E-state index contributed by atoms with van der Waals surface area (Å²) >= 11 is 3.02. The zero-order chi connectivity index (χ0) is 22.0. The SMILES string of the molecule is C=CCn1c(SCc2nc(C(=O)NCC(C)C)co2)nc2sc3c(c2c1=O)CCCC3. The van der Waals surface area contributed by atoms with Gasteiger partial charge in [-0.2, -0.15) is 0 Å². The molecule has 0 aliphatic heterocycles. The molecule has 3 aromatic rings. The Kier molecular flexibility index (Phi) is 6.62. The second-order valence-electron chi connectivity index (χ2n) is 8.01. The number of hydrogen-bond donors (Lipinski definition) is 1. The number of thiophene rings is 1. The van der Waals surface area contributed by atoms with Crippen molar-refractivity contribution in [2.24, 2.45) is 5.92 Å². The van der Waals surface area contributed by atoms with Crippen LogP contribution in [0, 0.1) is 5.92 Å². The normalized spacial score (nSPS) is 13.5. The number of rotatable bonds is 8. The van der Waals surface area contributed by atoms with Crippen LogP contribution in [-0.2, 0) is 25.1 Å². The third kappa shape index (κ3) is 4.62. The Morgan fingerprint density at radius 3 is 2.97 bits per heavy atom. The van der Waals surface area contributed by atoms with Gasteiger partial charge < -0.3 is 9.73 Å². The van der Waals surface area contributed by atoms with Gasteiger partial charge in [0.15, 0.2) is 10.9 Å². The average Bonchev–Trinajstić information content (AvgIpc) is 3.37. The summed E-state index contributed by atoms with van der Waals surface area (Å²) < 4.78 is 7.14. The van der Waals surface area contributed by atoms with Crippen LogP contribution >= 0.6 is 23.1 Å². The van der Waals surface area contributed by atoms with Gasteiger partial charge in [-0.15, -0.1) is 17.9 Å². The minimum Gasteiger partial charge on any atom is -0.447 e. The van der Waals surface area contributed by atoms with E-state index in [1.807, 2.05) is 13.8 Å². The molecule has 0 radical (unpaired) electrons. The maximum absolute atomic E-state index is 13.3. The standard InChI is InChI=1S/C22H26N4O3S2/c1-4-9-26-21(28)18-14-7-5-6-8-16(14)31-20(18)25-22(26)30-12-17-24-15(11-29-17)19(27)23-10-13(2)3/h4,11,13H,1,5-10,12H2,2-3H3,(H,23,27). The molecule has 0 unspecified atom stereocenters. The summed E-state index contributed by atoms with van der Waals surface area (Å²) in [6.07, 6.45) is 7.34. The van der Waals surface area contributed by atoms with E-state index in [0.717, 1.165) is 29.5 Å². The van der Waals surface area contributed by atoms with Gasteiger partial charge in [0.25, 0.3) is 11.5 Å². The van der Waals surface area contributed by atoms with Crippen LogP contribution < -0.4 is 10.9 Å². The molecule has 3 heterocycles. The number of nitrogens with zero attached hydrogens (tertiary/aromatic N) is 3. The van der Waals surface area contributed by atoms with E-state index in [9.17, 15) is 9.59 Å². The number of hydrogen-bond acceptors (Lipinski definition) is 7. The highest BCUT2D eigenvalue weighted by Crippen LogP contribution is 2.35. The van der Waals surface area contributed by atoms with Crippen LogP contribution in [0.2, 0.25) is 0 Å². The van der Waals surface area contributed by atoms with Crippen LogP contribution in [0.3, 0.4) is 0 Å². The molecule has 0 aromatic carbocycles. The summed E-state index contributed by atoms with van der Waals surface area (Å²) in [6, 6.07) is 0. The molecule has 1 aliphatic rings. The minimum atomic E-state index is -0.249. The first kappa shape index (κ1) is 21.8. The molecule has 0 bridgehead atoms. The van der Waals surface area contributed by atoms with Crippen molar-refractivity contribution in [1.29, 1.82) is 0 Å². The van der Waals surface area contributed by atoms with Crippen LogP contribution in [0.1, 0.15) is 53.5 Å². The molecule has 0 spiro atoms. The Morgan fingerprint density at radius 2 is 2.19 bits per heavy atom. The number of amides is 1. The van der Waals surface area contributed by atoms with Crippen molar-refractivity contribution in [2.45, 2.75) is 57.0 Å². The second-order valence-corrected chi connectivity index (χ2v) is 10.0. The molecule has 31 heavy (non-hydrogen) atoms. The van der Waals surface area contributed by atoms with Crippen molar-refractivity contribution in [3.8, 4) is 0 Å². The Balaban J connectivity index is 1.57. The zero-order valence-corrected chi connectivity index (χ0v) is 19.4. The fourth-order valence-corrected chi connectivity index (χ4v) is 5.78. The Bertz CT molecular complexity index is 1180. The monoisotopic (exact) mass is 458 g/mol. The summed E-state index contributed by atoms with van der Waals surface area (Å²) in [5, 5.41) is 4.21. The topological polar surface area (TPSA) is 90.0 Å².